The molecule has 0 spiro atoms. The molecule has 0 saturated carbocycles. The molecule has 21 heavy (non-hydrogen) atoms. The number of methoxy groups -OCH3 is 2. The van der Waals surface area contributed by atoms with Gasteiger partial charge in [0.05, 0.1) is 32.7 Å². The molecule has 0 amide bonds. The third-order valence-corrected chi connectivity index (χ3v) is 2.96. The van der Waals surface area contributed by atoms with E-state index in [1.54, 1.807) is 32.8 Å². The molecule has 0 saturated heterocycles. The Labute approximate surface area is 123 Å². The Bertz CT molecular complexity index is 565. The predicted octanol–water partition coefficient (Wildman–Crippen LogP) is 1.37. The molecule has 0 aliphatic heterocycles. The molecule has 0 bridgehead atoms. The van der Waals surface area contributed by atoms with E-state index in [0.717, 1.165) is 18.5 Å². The quantitative estimate of drug-likeness (QED) is 0.824. The summed E-state index contributed by atoms with van der Waals surface area (Å²) in [6, 6.07) is 1.74. The van der Waals surface area contributed by atoms with E-state index in [-0.39, 0.29) is 6.04 Å². The Hall–Kier alpha value is -2.28. The van der Waals surface area contributed by atoms with Gasteiger partial charge in [0.1, 0.15) is 5.69 Å². The van der Waals surface area contributed by atoms with E-state index in [1.807, 2.05) is 6.07 Å². The van der Waals surface area contributed by atoms with E-state index in [9.17, 15) is 0 Å². The fourth-order valence-corrected chi connectivity index (χ4v) is 1.95. The lowest BCUT2D eigenvalue weighted by molar-refractivity contribution is 0.352. The highest BCUT2D eigenvalue weighted by Crippen LogP contribution is 2.27. The van der Waals surface area contributed by atoms with Gasteiger partial charge in [-0.2, -0.15) is 15.2 Å². The van der Waals surface area contributed by atoms with Crippen LogP contribution in [0.25, 0.3) is 0 Å². The molecule has 112 valence electrons. The van der Waals surface area contributed by atoms with Crippen LogP contribution in [-0.4, -0.2) is 40.9 Å². The lowest BCUT2D eigenvalue weighted by Crippen LogP contribution is -2.25. The predicted molar refractivity (Wildman–Crippen MR) is 77.3 cm³/mol. The van der Waals surface area contributed by atoms with E-state index in [0.29, 0.717) is 17.5 Å². The number of ether oxygens (including phenoxy) is 2. The Morgan fingerprint density at radius 1 is 1.19 bits per heavy atom. The van der Waals surface area contributed by atoms with Gasteiger partial charge in [0.25, 0.3) is 0 Å². The number of rotatable bonds is 7. The molecule has 2 rings (SSSR count). The maximum atomic E-state index is 5.34. The maximum absolute atomic E-state index is 5.34. The first-order chi connectivity index (χ1) is 10.3. The highest BCUT2D eigenvalue weighted by molar-refractivity contribution is 5.32. The number of aromatic nitrogens is 4. The summed E-state index contributed by atoms with van der Waals surface area (Å²) < 4.78 is 10.4. The highest BCUT2D eigenvalue weighted by Gasteiger charge is 2.21. The largest absolute Gasteiger partial charge is 0.480 e. The molecule has 0 fully saturated rings. The van der Waals surface area contributed by atoms with Crippen LogP contribution in [0.2, 0.25) is 0 Å². The third-order valence-electron chi connectivity index (χ3n) is 2.96. The first-order valence-electron chi connectivity index (χ1n) is 6.75. The summed E-state index contributed by atoms with van der Waals surface area (Å²) in [7, 11) is 3.11. The first-order valence-corrected chi connectivity index (χ1v) is 6.75. The second-order valence-corrected chi connectivity index (χ2v) is 4.37. The van der Waals surface area contributed by atoms with Crippen molar-refractivity contribution in [1.29, 1.82) is 0 Å². The smallest absolute Gasteiger partial charge is 0.240 e. The van der Waals surface area contributed by atoms with Gasteiger partial charge in [-0.05, 0) is 24.6 Å². The van der Waals surface area contributed by atoms with Gasteiger partial charge in [0, 0.05) is 6.20 Å². The van der Waals surface area contributed by atoms with Crippen molar-refractivity contribution in [2.75, 3.05) is 20.8 Å². The van der Waals surface area contributed by atoms with Crippen molar-refractivity contribution in [2.45, 2.75) is 19.4 Å². The molecule has 7 nitrogen and oxygen atoms in total. The molecule has 2 aromatic heterocycles. The van der Waals surface area contributed by atoms with Gasteiger partial charge < -0.3 is 14.8 Å². The molecule has 1 N–H and O–H groups in total. The average molecular weight is 289 g/mol. The van der Waals surface area contributed by atoms with Gasteiger partial charge in [-0.1, -0.05) is 6.92 Å². The molecule has 1 unspecified atom stereocenters. The zero-order valence-corrected chi connectivity index (χ0v) is 12.4. The monoisotopic (exact) mass is 289 g/mol. The Balaban J connectivity index is 2.41. The Morgan fingerprint density at radius 2 is 2.05 bits per heavy atom. The minimum Gasteiger partial charge on any atom is -0.480 e. The zero-order valence-electron chi connectivity index (χ0n) is 12.4. The molecular formula is C14H19N5O2. The van der Waals surface area contributed by atoms with Gasteiger partial charge in [0.2, 0.25) is 11.8 Å². The maximum Gasteiger partial charge on any atom is 0.240 e. The van der Waals surface area contributed by atoms with E-state index in [2.05, 4.69) is 32.4 Å². The summed E-state index contributed by atoms with van der Waals surface area (Å²) in [6.07, 6.45) is 5.94. The van der Waals surface area contributed by atoms with Crippen LogP contribution in [0, 0.1) is 0 Å². The summed E-state index contributed by atoms with van der Waals surface area (Å²) >= 11 is 0. The molecule has 2 aromatic rings. The number of nitrogens with one attached hydrogen (secondary N) is 1. The van der Waals surface area contributed by atoms with Gasteiger partial charge in [-0.3, -0.25) is 0 Å². The van der Waals surface area contributed by atoms with Crippen LogP contribution in [0.1, 0.15) is 30.6 Å². The lowest BCUT2D eigenvalue weighted by Gasteiger charge is -2.19. The van der Waals surface area contributed by atoms with Crippen LogP contribution in [-0.2, 0) is 0 Å². The first kappa shape index (κ1) is 15.1. The van der Waals surface area contributed by atoms with Crippen LogP contribution >= 0.6 is 0 Å². The summed E-state index contributed by atoms with van der Waals surface area (Å²) in [5.74, 6) is 0.845. The van der Waals surface area contributed by atoms with Gasteiger partial charge in [-0.15, -0.1) is 0 Å². The van der Waals surface area contributed by atoms with Crippen molar-refractivity contribution in [3.8, 4) is 11.8 Å². The van der Waals surface area contributed by atoms with E-state index < -0.39 is 0 Å². The molecule has 0 aromatic carbocycles. The fraction of sp³-hybridized carbons (Fsp3) is 0.429. The van der Waals surface area contributed by atoms with Crippen LogP contribution in [0.3, 0.4) is 0 Å². The molecular weight excluding hydrogens is 270 g/mol. The second kappa shape index (κ2) is 7.49. The molecule has 1 atom stereocenters. The van der Waals surface area contributed by atoms with Gasteiger partial charge in [-0.25, -0.2) is 4.98 Å². The summed E-state index contributed by atoms with van der Waals surface area (Å²) in [5, 5.41) is 11.2. The Kier molecular flexibility index (Phi) is 5.39. The SMILES string of the molecule is CCCNC(c1ccnnc1)c1ncc(OC)nc1OC. The van der Waals surface area contributed by atoms with Crippen molar-refractivity contribution < 1.29 is 9.47 Å². The van der Waals surface area contributed by atoms with Crippen molar-refractivity contribution in [3.05, 3.63) is 35.9 Å². The molecule has 0 aliphatic carbocycles. The highest BCUT2D eigenvalue weighted by atomic mass is 16.5. The zero-order chi connectivity index (χ0) is 15.1. The second-order valence-electron chi connectivity index (χ2n) is 4.37. The fourth-order valence-electron chi connectivity index (χ4n) is 1.95. The van der Waals surface area contributed by atoms with Crippen molar-refractivity contribution in [1.82, 2.24) is 25.5 Å². The number of nitrogens with zero attached hydrogens (tertiary/aromatic N) is 4. The number of hydrogen-bond donors (Lipinski definition) is 1. The minimum absolute atomic E-state index is 0.159. The van der Waals surface area contributed by atoms with Gasteiger partial charge >= 0.3 is 0 Å². The van der Waals surface area contributed by atoms with E-state index in [1.165, 1.54) is 0 Å². The van der Waals surface area contributed by atoms with E-state index >= 15 is 0 Å². The molecule has 0 aliphatic rings. The lowest BCUT2D eigenvalue weighted by atomic mass is 10.1. The average Bonchev–Trinajstić information content (AvgIpc) is 2.56. The van der Waals surface area contributed by atoms with Crippen LogP contribution in [0.15, 0.2) is 24.7 Å². The summed E-state index contributed by atoms with van der Waals surface area (Å²) in [6.45, 7) is 2.94. The minimum atomic E-state index is -0.159. The molecule has 7 heteroatoms. The topological polar surface area (TPSA) is 82.1 Å². The summed E-state index contributed by atoms with van der Waals surface area (Å²) in [4.78, 5) is 8.71. The molecule has 0 radical (unpaired) electrons. The normalized spacial score (nSPS) is 12.0. The van der Waals surface area contributed by atoms with Gasteiger partial charge in [0.15, 0.2) is 0 Å². The van der Waals surface area contributed by atoms with Crippen molar-refractivity contribution in [3.63, 3.8) is 0 Å². The van der Waals surface area contributed by atoms with Crippen LogP contribution in [0.4, 0.5) is 0 Å². The standard InChI is InChI=1S/C14H19N5O2/c1-4-6-15-12(10-5-7-17-18-8-10)13-14(21-3)19-11(20-2)9-16-13/h5,7-9,12,15H,4,6H2,1-3H3. The van der Waals surface area contributed by atoms with Crippen molar-refractivity contribution >= 4 is 0 Å². The van der Waals surface area contributed by atoms with Crippen LogP contribution < -0.4 is 14.8 Å². The summed E-state index contributed by atoms with van der Waals surface area (Å²) in [5.41, 5.74) is 1.65. The number of hydrogen-bond acceptors (Lipinski definition) is 7. The van der Waals surface area contributed by atoms with E-state index in [4.69, 9.17) is 9.47 Å². The van der Waals surface area contributed by atoms with Crippen LogP contribution in [0.5, 0.6) is 11.8 Å². The third kappa shape index (κ3) is 3.63. The Morgan fingerprint density at radius 3 is 2.67 bits per heavy atom. The molecule has 2 heterocycles. The van der Waals surface area contributed by atoms with Crippen molar-refractivity contribution in [2.24, 2.45) is 0 Å².